The Bertz CT molecular complexity index is 485. The summed E-state index contributed by atoms with van der Waals surface area (Å²) in [5.74, 6) is -2.37. The number of ether oxygens (including phenoxy) is 1. The fourth-order valence-corrected chi connectivity index (χ4v) is 1.52. The molecule has 1 aromatic heterocycles. The number of carboxylic acids is 1. The van der Waals surface area contributed by atoms with E-state index in [1.807, 2.05) is 0 Å². The Labute approximate surface area is 113 Å². The van der Waals surface area contributed by atoms with E-state index in [0.717, 1.165) is 0 Å². The Morgan fingerprint density at radius 1 is 1.53 bits per heavy atom. The molecule has 3 N–H and O–H groups in total. The molecule has 0 aromatic carbocycles. The first kappa shape index (κ1) is 15.0. The Morgan fingerprint density at radius 3 is 2.68 bits per heavy atom. The second-order valence-electron chi connectivity index (χ2n) is 3.71. The fourth-order valence-electron chi connectivity index (χ4n) is 1.36. The van der Waals surface area contributed by atoms with Gasteiger partial charge in [0.25, 0.3) is 5.91 Å². The molecular weight excluding hydrogens is 276 g/mol. The summed E-state index contributed by atoms with van der Waals surface area (Å²) in [7, 11) is 1.21. The average molecular weight is 289 g/mol. The number of halogens is 1. The maximum Gasteiger partial charge on any atom is 0.326 e. The van der Waals surface area contributed by atoms with Gasteiger partial charge in [-0.3, -0.25) is 9.59 Å². The molecule has 1 aromatic rings. The van der Waals surface area contributed by atoms with E-state index >= 15 is 0 Å². The molecule has 1 atom stereocenters. The first-order valence-electron chi connectivity index (χ1n) is 5.38. The van der Waals surface area contributed by atoms with Crippen molar-refractivity contribution in [3.05, 3.63) is 23.0 Å². The molecule has 104 valence electrons. The molecule has 0 saturated heterocycles. The molecule has 19 heavy (non-hydrogen) atoms. The average Bonchev–Trinajstić information content (AvgIpc) is 2.80. The van der Waals surface area contributed by atoms with Crippen LogP contribution in [0, 0.1) is 0 Å². The van der Waals surface area contributed by atoms with Gasteiger partial charge in [-0.15, -0.1) is 0 Å². The second kappa shape index (κ2) is 6.79. The molecule has 0 aliphatic heterocycles. The third-order valence-electron chi connectivity index (χ3n) is 2.36. The molecule has 0 bridgehead atoms. The number of hydrogen-bond acceptors (Lipinski definition) is 4. The molecule has 7 nitrogen and oxygen atoms in total. The highest BCUT2D eigenvalue weighted by atomic mass is 35.5. The number of hydrogen-bond donors (Lipinski definition) is 3. The van der Waals surface area contributed by atoms with Crippen LogP contribution in [0.3, 0.4) is 0 Å². The van der Waals surface area contributed by atoms with Crippen LogP contribution in [0.5, 0.6) is 0 Å². The number of esters is 1. The smallest absolute Gasteiger partial charge is 0.326 e. The van der Waals surface area contributed by atoms with E-state index in [1.165, 1.54) is 19.4 Å². The molecule has 0 radical (unpaired) electrons. The highest BCUT2D eigenvalue weighted by Gasteiger charge is 2.22. The Balaban J connectivity index is 2.61. The lowest BCUT2D eigenvalue weighted by atomic mass is 10.1. The lowest BCUT2D eigenvalue weighted by molar-refractivity contribution is -0.142. The van der Waals surface area contributed by atoms with Crippen molar-refractivity contribution in [1.29, 1.82) is 0 Å². The van der Waals surface area contributed by atoms with Gasteiger partial charge in [-0.2, -0.15) is 0 Å². The van der Waals surface area contributed by atoms with E-state index in [2.05, 4.69) is 15.0 Å². The zero-order valence-electron chi connectivity index (χ0n) is 10.1. The highest BCUT2D eigenvalue weighted by Crippen LogP contribution is 2.10. The summed E-state index contributed by atoms with van der Waals surface area (Å²) >= 11 is 5.64. The summed E-state index contributed by atoms with van der Waals surface area (Å²) in [6.07, 6.45) is 1.25. The SMILES string of the molecule is COC(=O)CC[C@H](NC(=O)c1cc(Cl)c[nH]1)C(=O)O. The van der Waals surface area contributed by atoms with Crippen molar-refractivity contribution in [2.45, 2.75) is 18.9 Å². The summed E-state index contributed by atoms with van der Waals surface area (Å²) in [5, 5.41) is 11.6. The predicted octanol–water partition coefficient (Wildman–Crippen LogP) is 0.804. The molecule has 1 amide bonds. The van der Waals surface area contributed by atoms with Crippen molar-refractivity contribution < 1.29 is 24.2 Å². The van der Waals surface area contributed by atoms with Crippen LogP contribution in [-0.4, -0.2) is 41.1 Å². The zero-order valence-corrected chi connectivity index (χ0v) is 10.9. The number of amides is 1. The molecule has 0 spiro atoms. The van der Waals surface area contributed by atoms with E-state index < -0.39 is 23.9 Å². The number of methoxy groups -OCH3 is 1. The van der Waals surface area contributed by atoms with Crippen LogP contribution in [0.1, 0.15) is 23.3 Å². The quantitative estimate of drug-likeness (QED) is 0.671. The van der Waals surface area contributed by atoms with Crippen LogP contribution in [-0.2, 0) is 14.3 Å². The Hall–Kier alpha value is -2.02. The van der Waals surface area contributed by atoms with Gasteiger partial charge in [0.05, 0.1) is 12.1 Å². The molecular formula is C11H13ClN2O5. The minimum atomic E-state index is -1.23. The number of carbonyl (C=O) groups excluding carboxylic acids is 2. The summed E-state index contributed by atoms with van der Waals surface area (Å²) in [6.45, 7) is 0. The van der Waals surface area contributed by atoms with Crippen LogP contribution < -0.4 is 5.32 Å². The van der Waals surface area contributed by atoms with Crippen molar-refractivity contribution in [3.63, 3.8) is 0 Å². The Kier molecular flexibility index (Phi) is 5.37. The molecule has 0 aliphatic rings. The van der Waals surface area contributed by atoms with E-state index in [9.17, 15) is 14.4 Å². The van der Waals surface area contributed by atoms with Crippen molar-refractivity contribution in [3.8, 4) is 0 Å². The van der Waals surface area contributed by atoms with Crippen molar-refractivity contribution >= 4 is 29.4 Å². The second-order valence-corrected chi connectivity index (χ2v) is 4.15. The first-order chi connectivity index (χ1) is 8.93. The normalized spacial score (nSPS) is 11.7. The van der Waals surface area contributed by atoms with Gasteiger partial charge in [0, 0.05) is 12.6 Å². The summed E-state index contributed by atoms with van der Waals surface area (Å²) in [6, 6.07) is 0.199. The third kappa shape index (κ3) is 4.63. The van der Waals surface area contributed by atoms with Gasteiger partial charge in [0.15, 0.2) is 0 Å². The highest BCUT2D eigenvalue weighted by molar-refractivity contribution is 6.30. The van der Waals surface area contributed by atoms with Gasteiger partial charge in [0.2, 0.25) is 0 Å². The molecule has 1 rings (SSSR count). The number of aromatic nitrogens is 1. The minimum Gasteiger partial charge on any atom is -0.480 e. The molecule has 0 saturated carbocycles. The van der Waals surface area contributed by atoms with Crippen molar-refractivity contribution in [2.24, 2.45) is 0 Å². The lowest BCUT2D eigenvalue weighted by Crippen LogP contribution is -2.41. The third-order valence-corrected chi connectivity index (χ3v) is 2.58. The van der Waals surface area contributed by atoms with Crippen LogP contribution in [0.15, 0.2) is 12.3 Å². The Morgan fingerprint density at radius 2 is 2.21 bits per heavy atom. The first-order valence-corrected chi connectivity index (χ1v) is 5.76. The number of aromatic amines is 1. The predicted molar refractivity (Wildman–Crippen MR) is 65.9 cm³/mol. The number of H-pyrrole nitrogens is 1. The van der Waals surface area contributed by atoms with Gasteiger partial charge in [-0.25, -0.2) is 4.79 Å². The number of carbonyl (C=O) groups is 3. The number of carboxylic acid groups (broad SMARTS) is 1. The van der Waals surface area contributed by atoms with Crippen LogP contribution >= 0.6 is 11.6 Å². The van der Waals surface area contributed by atoms with E-state index in [4.69, 9.17) is 16.7 Å². The van der Waals surface area contributed by atoms with E-state index in [-0.39, 0.29) is 18.5 Å². The standard InChI is InChI=1S/C11H13ClN2O5/c1-19-9(15)3-2-7(11(17)18)14-10(16)8-4-6(12)5-13-8/h4-5,7,13H,2-3H2,1H3,(H,14,16)(H,17,18)/t7-/m0/s1. The number of rotatable bonds is 6. The van der Waals surface area contributed by atoms with E-state index in [0.29, 0.717) is 5.02 Å². The van der Waals surface area contributed by atoms with Crippen molar-refractivity contribution in [2.75, 3.05) is 7.11 Å². The van der Waals surface area contributed by atoms with Crippen LogP contribution in [0.25, 0.3) is 0 Å². The minimum absolute atomic E-state index is 0.0534. The van der Waals surface area contributed by atoms with Crippen molar-refractivity contribution in [1.82, 2.24) is 10.3 Å². The topological polar surface area (TPSA) is 108 Å². The molecule has 8 heteroatoms. The fraction of sp³-hybridized carbons (Fsp3) is 0.364. The maximum absolute atomic E-state index is 11.7. The van der Waals surface area contributed by atoms with Gasteiger partial charge in [-0.05, 0) is 12.5 Å². The maximum atomic E-state index is 11.7. The number of aliphatic carboxylic acids is 1. The summed E-state index contributed by atoms with van der Waals surface area (Å²) < 4.78 is 4.41. The summed E-state index contributed by atoms with van der Waals surface area (Å²) in [5.41, 5.74) is 0.148. The zero-order chi connectivity index (χ0) is 14.4. The van der Waals surface area contributed by atoms with Gasteiger partial charge < -0.3 is 20.1 Å². The molecule has 0 unspecified atom stereocenters. The molecule has 0 aliphatic carbocycles. The molecule has 0 fully saturated rings. The van der Waals surface area contributed by atoms with Gasteiger partial charge in [0.1, 0.15) is 11.7 Å². The molecule has 1 heterocycles. The summed E-state index contributed by atoms with van der Waals surface area (Å²) in [4.78, 5) is 36.2. The van der Waals surface area contributed by atoms with E-state index in [1.54, 1.807) is 0 Å². The van der Waals surface area contributed by atoms with Crippen LogP contribution in [0.4, 0.5) is 0 Å². The lowest BCUT2D eigenvalue weighted by Gasteiger charge is -2.13. The number of nitrogens with one attached hydrogen (secondary N) is 2. The monoisotopic (exact) mass is 288 g/mol. The van der Waals surface area contributed by atoms with Crippen LogP contribution in [0.2, 0.25) is 5.02 Å². The van der Waals surface area contributed by atoms with Gasteiger partial charge >= 0.3 is 11.9 Å². The van der Waals surface area contributed by atoms with Gasteiger partial charge in [-0.1, -0.05) is 11.6 Å². The largest absolute Gasteiger partial charge is 0.480 e.